The number of rotatable bonds is 3. The molecule has 7 nitrogen and oxygen atoms in total. The van der Waals surface area contributed by atoms with Gasteiger partial charge in [0.2, 0.25) is 0 Å². The van der Waals surface area contributed by atoms with Crippen molar-refractivity contribution in [2.45, 2.75) is 27.3 Å². The maximum atomic E-state index is 12.7. The fourth-order valence-corrected chi connectivity index (χ4v) is 3.17. The minimum absolute atomic E-state index is 0.152. The second kappa shape index (κ2) is 8.18. The molecule has 0 atom stereocenters. The molecule has 3 N–H and O–H groups in total. The van der Waals surface area contributed by atoms with Crippen LogP contribution in [-0.2, 0) is 6.54 Å². The van der Waals surface area contributed by atoms with Crippen molar-refractivity contribution in [3.05, 3.63) is 69.6 Å². The Morgan fingerprint density at radius 1 is 1.07 bits per heavy atom. The van der Waals surface area contributed by atoms with Crippen LogP contribution in [0.1, 0.15) is 28.5 Å². The Morgan fingerprint density at radius 3 is 2.36 bits per heavy atom. The van der Waals surface area contributed by atoms with Gasteiger partial charge in [0.05, 0.1) is 5.39 Å². The summed E-state index contributed by atoms with van der Waals surface area (Å²) in [4.78, 5) is 25.0. The van der Waals surface area contributed by atoms with E-state index in [1.165, 1.54) is 4.68 Å². The summed E-state index contributed by atoms with van der Waals surface area (Å²) in [6.07, 6.45) is 0. The van der Waals surface area contributed by atoms with Crippen molar-refractivity contribution in [1.29, 1.82) is 0 Å². The molecule has 0 saturated heterocycles. The summed E-state index contributed by atoms with van der Waals surface area (Å²) in [5, 5.41) is 8.40. The molecule has 3 rings (SSSR count). The van der Waals surface area contributed by atoms with Crippen LogP contribution in [0.2, 0.25) is 0 Å². The average Bonchev–Trinajstić information content (AvgIpc) is 2.66. The zero-order valence-corrected chi connectivity index (χ0v) is 16.7. The van der Waals surface area contributed by atoms with Crippen molar-refractivity contribution in [2.24, 2.45) is 0 Å². The number of nitrogens with one attached hydrogen (secondary N) is 3. The zero-order chi connectivity index (χ0) is 20.3. The average molecular weight is 395 g/mol. The van der Waals surface area contributed by atoms with Crippen LogP contribution in [0.25, 0.3) is 10.8 Å². The number of fused-ring (bicyclic) bond motifs is 1. The molecule has 1 aromatic heterocycles. The van der Waals surface area contributed by atoms with Crippen LogP contribution >= 0.6 is 12.2 Å². The molecule has 1 heterocycles. The van der Waals surface area contributed by atoms with Crippen LogP contribution in [0.4, 0.5) is 5.69 Å². The topological polar surface area (TPSA) is 88.1 Å². The molecule has 0 saturated carbocycles. The van der Waals surface area contributed by atoms with Gasteiger partial charge >= 0.3 is 0 Å². The van der Waals surface area contributed by atoms with Crippen LogP contribution < -0.4 is 21.7 Å². The summed E-state index contributed by atoms with van der Waals surface area (Å²) in [6.45, 7) is 6.15. The normalized spacial score (nSPS) is 10.5. The van der Waals surface area contributed by atoms with Crippen molar-refractivity contribution in [2.75, 3.05) is 5.32 Å². The fraction of sp³-hybridized carbons (Fsp3) is 0.200. The first-order chi connectivity index (χ1) is 13.4. The maximum absolute atomic E-state index is 12.7. The Kier molecular flexibility index (Phi) is 5.70. The molecule has 8 heteroatoms. The summed E-state index contributed by atoms with van der Waals surface area (Å²) >= 11 is 5.24. The number of anilines is 1. The van der Waals surface area contributed by atoms with Crippen molar-refractivity contribution in [3.8, 4) is 0 Å². The van der Waals surface area contributed by atoms with Crippen molar-refractivity contribution < 1.29 is 4.79 Å². The Morgan fingerprint density at radius 2 is 1.71 bits per heavy atom. The summed E-state index contributed by atoms with van der Waals surface area (Å²) in [6, 6.07) is 12.9. The third-order valence-electron chi connectivity index (χ3n) is 4.15. The zero-order valence-electron chi connectivity index (χ0n) is 15.9. The van der Waals surface area contributed by atoms with E-state index in [2.05, 4.69) is 27.3 Å². The lowest BCUT2D eigenvalue weighted by atomic mass is 10.1. The van der Waals surface area contributed by atoms with E-state index in [0.717, 1.165) is 16.8 Å². The molecule has 1 amide bonds. The SMILES string of the molecule is CCn1nc(C(=O)NNC(=S)Nc2cc(C)cc(C)c2)c2ccccc2c1=O. The van der Waals surface area contributed by atoms with Crippen LogP contribution in [0.3, 0.4) is 0 Å². The summed E-state index contributed by atoms with van der Waals surface area (Å²) in [5.41, 5.74) is 8.18. The molecule has 144 valence electrons. The van der Waals surface area contributed by atoms with Gasteiger partial charge in [-0.3, -0.25) is 20.4 Å². The predicted octanol–water partition coefficient (Wildman–Crippen LogP) is 2.66. The summed E-state index contributed by atoms with van der Waals surface area (Å²) in [7, 11) is 0. The van der Waals surface area contributed by atoms with E-state index < -0.39 is 5.91 Å². The molecular weight excluding hydrogens is 374 g/mol. The van der Waals surface area contributed by atoms with Gasteiger partial charge in [0.25, 0.3) is 11.5 Å². The molecule has 0 spiro atoms. The van der Waals surface area contributed by atoms with Crippen LogP contribution in [-0.4, -0.2) is 20.8 Å². The Labute approximate surface area is 167 Å². The Hall–Kier alpha value is -3.26. The van der Waals surface area contributed by atoms with Gasteiger partial charge in [-0.1, -0.05) is 24.3 Å². The van der Waals surface area contributed by atoms with Gasteiger partial charge < -0.3 is 5.32 Å². The monoisotopic (exact) mass is 395 g/mol. The molecule has 0 radical (unpaired) electrons. The van der Waals surface area contributed by atoms with E-state index in [1.54, 1.807) is 31.2 Å². The molecule has 0 unspecified atom stereocenters. The van der Waals surface area contributed by atoms with E-state index in [1.807, 2.05) is 26.0 Å². The van der Waals surface area contributed by atoms with Crippen molar-refractivity contribution >= 4 is 39.7 Å². The molecule has 0 fully saturated rings. The lowest BCUT2D eigenvalue weighted by molar-refractivity contribution is 0.0938. The van der Waals surface area contributed by atoms with Crippen LogP contribution in [0.5, 0.6) is 0 Å². The third-order valence-corrected chi connectivity index (χ3v) is 4.36. The van der Waals surface area contributed by atoms with Crippen molar-refractivity contribution in [1.82, 2.24) is 20.6 Å². The number of nitrogens with zero attached hydrogens (tertiary/aromatic N) is 2. The molecule has 0 aliphatic carbocycles. The first kappa shape index (κ1) is 19.5. The third kappa shape index (κ3) is 4.17. The van der Waals surface area contributed by atoms with Gasteiger partial charge in [-0.2, -0.15) is 5.10 Å². The van der Waals surface area contributed by atoms with E-state index in [-0.39, 0.29) is 16.4 Å². The number of hydrazine groups is 1. The lowest BCUT2D eigenvalue weighted by Gasteiger charge is -2.14. The number of hydrogen-bond acceptors (Lipinski definition) is 4. The number of thiocarbonyl (C=S) groups is 1. The number of benzene rings is 2. The molecule has 0 bridgehead atoms. The molecule has 3 aromatic rings. The molecule has 0 aliphatic heterocycles. The van der Waals surface area contributed by atoms with Gasteiger partial charge in [-0.15, -0.1) is 0 Å². The predicted molar refractivity (Wildman–Crippen MR) is 114 cm³/mol. The maximum Gasteiger partial charge on any atom is 0.290 e. The van der Waals surface area contributed by atoms with E-state index in [0.29, 0.717) is 17.3 Å². The standard InChI is InChI=1S/C20H21N5O2S/c1-4-25-19(27)16-8-6-5-7-15(16)17(24-25)18(26)22-23-20(28)21-14-10-12(2)9-13(3)11-14/h5-11H,4H2,1-3H3,(H,22,26)(H2,21,23,28). The van der Waals surface area contributed by atoms with Crippen molar-refractivity contribution in [3.63, 3.8) is 0 Å². The molecular formula is C20H21N5O2S. The second-order valence-electron chi connectivity index (χ2n) is 6.42. The van der Waals surface area contributed by atoms with Gasteiger partial charge in [0.1, 0.15) is 0 Å². The van der Waals surface area contributed by atoms with E-state index >= 15 is 0 Å². The highest BCUT2D eigenvalue weighted by atomic mass is 32.1. The summed E-state index contributed by atoms with van der Waals surface area (Å²) in [5.74, 6) is -0.483. The lowest BCUT2D eigenvalue weighted by Crippen LogP contribution is -2.44. The Bertz CT molecular complexity index is 1100. The van der Waals surface area contributed by atoms with Gasteiger partial charge in [0.15, 0.2) is 10.8 Å². The Balaban J connectivity index is 1.77. The largest absolute Gasteiger partial charge is 0.331 e. The van der Waals surface area contributed by atoms with E-state index in [9.17, 15) is 9.59 Å². The minimum atomic E-state index is -0.483. The number of aryl methyl sites for hydroxylation is 3. The van der Waals surface area contributed by atoms with Crippen LogP contribution in [0.15, 0.2) is 47.3 Å². The number of carbonyl (C=O) groups excluding carboxylic acids is 1. The number of amides is 1. The highest BCUT2D eigenvalue weighted by Gasteiger charge is 2.16. The smallest absolute Gasteiger partial charge is 0.290 e. The number of aromatic nitrogens is 2. The molecule has 2 aromatic carbocycles. The molecule has 0 aliphatic rings. The van der Waals surface area contributed by atoms with Gasteiger partial charge in [-0.25, -0.2) is 4.68 Å². The summed E-state index contributed by atoms with van der Waals surface area (Å²) < 4.78 is 1.27. The molecule has 28 heavy (non-hydrogen) atoms. The van der Waals surface area contributed by atoms with E-state index in [4.69, 9.17) is 12.2 Å². The fourth-order valence-electron chi connectivity index (χ4n) is 3.00. The number of carbonyl (C=O) groups is 1. The van der Waals surface area contributed by atoms with Crippen LogP contribution in [0, 0.1) is 13.8 Å². The first-order valence-corrected chi connectivity index (χ1v) is 9.25. The van der Waals surface area contributed by atoms with Gasteiger partial charge in [0, 0.05) is 17.6 Å². The second-order valence-corrected chi connectivity index (χ2v) is 6.83. The highest BCUT2D eigenvalue weighted by Crippen LogP contribution is 2.14. The van der Waals surface area contributed by atoms with Gasteiger partial charge in [-0.05, 0) is 62.3 Å². The highest BCUT2D eigenvalue weighted by molar-refractivity contribution is 7.80. The number of hydrogen-bond donors (Lipinski definition) is 3. The minimum Gasteiger partial charge on any atom is -0.331 e. The first-order valence-electron chi connectivity index (χ1n) is 8.84. The quantitative estimate of drug-likeness (QED) is 0.467.